The van der Waals surface area contributed by atoms with Crippen LogP contribution >= 0.6 is 11.8 Å². The first-order chi connectivity index (χ1) is 5.38. The average Bonchev–Trinajstić information content (AvgIpc) is 2.80. The number of nitrogens with one attached hydrogen (secondary N) is 1. The van der Waals surface area contributed by atoms with Gasteiger partial charge in [-0.2, -0.15) is 11.8 Å². The van der Waals surface area contributed by atoms with Gasteiger partial charge in [-0.15, -0.1) is 0 Å². The summed E-state index contributed by atoms with van der Waals surface area (Å²) in [7, 11) is 0. The highest BCUT2D eigenvalue weighted by Crippen LogP contribution is 2.34. The smallest absolute Gasteiger partial charge is 0.0103 e. The van der Waals surface area contributed by atoms with E-state index in [1.165, 1.54) is 25.0 Å². The minimum absolute atomic E-state index is 0.826. The SMILES string of the molecule is CCNC(CCSC)C1CC1. The van der Waals surface area contributed by atoms with Gasteiger partial charge < -0.3 is 5.32 Å². The molecule has 0 bridgehead atoms. The van der Waals surface area contributed by atoms with Gasteiger partial charge in [-0.1, -0.05) is 6.92 Å². The molecule has 11 heavy (non-hydrogen) atoms. The van der Waals surface area contributed by atoms with E-state index in [1.807, 2.05) is 11.8 Å². The van der Waals surface area contributed by atoms with Crippen molar-refractivity contribution < 1.29 is 0 Å². The number of hydrogen-bond donors (Lipinski definition) is 1. The number of rotatable bonds is 6. The predicted octanol–water partition coefficient (Wildman–Crippen LogP) is 2.13. The zero-order valence-corrected chi connectivity index (χ0v) is 8.41. The van der Waals surface area contributed by atoms with Crippen LogP contribution in [0.1, 0.15) is 26.2 Å². The fourth-order valence-corrected chi connectivity index (χ4v) is 2.00. The molecule has 1 rings (SSSR count). The maximum absolute atomic E-state index is 3.57. The van der Waals surface area contributed by atoms with Crippen LogP contribution in [0.3, 0.4) is 0 Å². The van der Waals surface area contributed by atoms with Crippen LogP contribution in [0.2, 0.25) is 0 Å². The van der Waals surface area contributed by atoms with Crippen LogP contribution in [0.5, 0.6) is 0 Å². The van der Waals surface area contributed by atoms with Gasteiger partial charge in [0.15, 0.2) is 0 Å². The Hall–Kier alpha value is 0.310. The minimum Gasteiger partial charge on any atom is -0.314 e. The van der Waals surface area contributed by atoms with E-state index in [1.54, 1.807) is 0 Å². The highest BCUT2D eigenvalue weighted by atomic mass is 32.2. The second-order valence-corrected chi connectivity index (χ2v) is 4.27. The summed E-state index contributed by atoms with van der Waals surface area (Å²) in [4.78, 5) is 0. The molecule has 0 saturated heterocycles. The topological polar surface area (TPSA) is 12.0 Å². The third-order valence-corrected chi connectivity index (χ3v) is 2.93. The summed E-state index contributed by atoms with van der Waals surface area (Å²) in [5.74, 6) is 2.33. The lowest BCUT2D eigenvalue weighted by atomic mass is 10.1. The first-order valence-electron chi connectivity index (χ1n) is 4.60. The molecule has 1 fully saturated rings. The quantitative estimate of drug-likeness (QED) is 0.660. The van der Waals surface area contributed by atoms with Crippen molar-refractivity contribution in [2.75, 3.05) is 18.6 Å². The minimum atomic E-state index is 0.826. The molecule has 0 aromatic rings. The van der Waals surface area contributed by atoms with E-state index in [0.29, 0.717) is 0 Å². The van der Waals surface area contributed by atoms with Crippen molar-refractivity contribution in [3.05, 3.63) is 0 Å². The van der Waals surface area contributed by atoms with Crippen molar-refractivity contribution >= 4 is 11.8 Å². The first kappa shape index (κ1) is 9.40. The van der Waals surface area contributed by atoms with E-state index in [2.05, 4.69) is 18.5 Å². The standard InChI is InChI=1S/C9H19NS/c1-3-10-9(6-7-11-2)8-4-5-8/h8-10H,3-7H2,1-2H3. The van der Waals surface area contributed by atoms with Crippen molar-refractivity contribution in [2.45, 2.75) is 32.2 Å². The molecule has 2 heteroatoms. The Balaban J connectivity index is 2.10. The van der Waals surface area contributed by atoms with Crippen LogP contribution in [0, 0.1) is 5.92 Å². The maximum atomic E-state index is 3.57. The molecule has 1 nitrogen and oxygen atoms in total. The highest BCUT2D eigenvalue weighted by Gasteiger charge is 2.29. The Morgan fingerprint density at radius 3 is 2.73 bits per heavy atom. The van der Waals surface area contributed by atoms with E-state index >= 15 is 0 Å². The van der Waals surface area contributed by atoms with Gasteiger partial charge in [0.25, 0.3) is 0 Å². The van der Waals surface area contributed by atoms with Crippen LogP contribution in [0.4, 0.5) is 0 Å². The van der Waals surface area contributed by atoms with Crippen molar-refractivity contribution in [1.29, 1.82) is 0 Å². The van der Waals surface area contributed by atoms with Crippen molar-refractivity contribution in [2.24, 2.45) is 5.92 Å². The summed E-state index contributed by atoms with van der Waals surface area (Å²) >= 11 is 1.96. The van der Waals surface area contributed by atoms with Gasteiger partial charge in [0.05, 0.1) is 0 Å². The number of hydrogen-bond acceptors (Lipinski definition) is 2. The Morgan fingerprint density at radius 1 is 1.55 bits per heavy atom. The third kappa shape index (κ3) is 3.48. The first-order valence-corrected chi connectivity index (χ1v) is 6.00. The van der Waals surface area contributed by atoms with Crippen molar-refractivity contribution in [3.63, 3.8) is 0 Å². The molecule has 0 heterocycles. The summed E-state index contributed by atoms with van der Waals surface area (Å²) < 4.78 is 0. The molecular weight excluding hydrogens is 154 g/mol. The van der Waals surface area contributed by atoms with Crippen molar-refractivity contribution in [1.82, 2.24) is 5.32 Å². The van der Waals surface area contributed by atoms with E-state index in [0.717, 1.165) is 18.5 Å². The molecular formula is C9H19NS. The third-order valence-electron chi connectivity index (χ3n) is 2.29. The van der Waals surface area contributed by atoms with E-state index in [9.17, 15) is 0 Å². The molecule has 1 atom stereocenters. The summed E-state index contributed by atoms with van der Waals surface area (Å²) in [6.45, 7) is 3.34. The van der Waals surface area contributed by atoms with Crippen LogP contribution < -0.4 is 5.32 Å². The van der Waals surface area contributed by atoms with Crippen LogP contribution in [-0.4, -0.2) is 24.6 Å². The fraction of sp³-hybridized carbons (Fsp3) is 1.00. The molecule has 1 saturated carbocycles. The highest BCUT2D eigenvalue weighted by molar-refractivity contribution is 7.98. The molecule has 0 aromatic heterocycles. The summed E-state index contributed by atoms with van der Waals surface area (Å²) in [5, 5.41) is 3.57. The molecule has 1 aliphatic rings. The molecule has 1 unspecified atom stereocenters. The molecule has 0 radical (unpaired) electrons. The molecule has 0 aromatic carbocycles. The van der Waals surface area contributed by atoms with Gasteiger partial charge in [0.1, 0.15) is 0 Å². The van der Waals surface area contributed by atoms with Gasteiger partial charge in [0, 0.05) is 6.04 Å². The molecule has 1 aliphatic carbocycles. The van der Waals surface area contributed by atoms with Crippen LogP contribution in [0.15, 0.2) is 0 Å². The van der Waals surface area contributed by atoms with Gasteiger partial charge >= 0.3 is 0 Å². The van der Waals surface area contributed by atoms with E-state index in [4.69, 9.17) is 0 Å². The Kier molecular flexibility index (Phi) is 4.31. The predicted molar refractivity (Wildman–Crippen MR) is 53.2 cm³/mol. The van der Waals surface area contributed by atoms with Gasteiger partial charge in [-0.25, -0.2) is 0 Å². The fourth-order valence-electron chi connectivity index (χ4n) is 1.51. The summed E-state index contributed by atoms with van der Waals surface area (Å²) in [6, 6.07) is 0.826. The van der Waals surface area contributed by atoms with Gasteiger partial charge in [0.2, 0.25) is 0 Å². The molecule has 0 amide bonds. The lowest BCUT2D eigenvalue weighted by Gasteiger charge is -2.15. The largest absolute Gasteiger partial charge is 0.314 e. The average molecular weight is 173 g/mol. The second kappa shape index (κ2) is 5.04. The van der Waals surface area contributed by atoms with E-state index < -0.39 is 0 Å². The molecule has 0 spiro atoms. The molecule has 1 N–H and O–H groups in total. The van der Waals surface area contributed by atoms with Crippen LogP contribution in [0.25, 0.3) is 0 Å². The zero-order valence-electron chi connectivity index (χ0n) is 7.60. The molecule has 0 aliphatic heterocycles. The maximum Gasteiger partial charge on any atom is 0.0103 e. The van der Waals surface area contributed by atoms with E-state index in [-0.39, 0.29) is 0 Å². The summed E-state index contributed by atoms with van der Waals surface area (Å²) in [6.07, 6.45) is 6.48. The lowest BCUT2D eigenvalue weighted by molar-refractivity contribution is 0.465. The zero-order chi connectivity index (χ0) is 8.10. The Bertz CT molecular complexity index is 102. The summed E-state index contributed by atoms with van der Waals surface area (Å²) in [5.41, 5.74) is 0. The second-order valence-electron chi connectivity index (χ2n) is 3.28. The van der Waals surface area contributed by atoms with Gasteiger partial charge in [-0.3, -0.25) is 0 Å². The Labute approximate surface area is 74.3 Å². The van der Waals surface area contributed by atoms with Crippen LogP contribution in [-0.2, 0) is 0 Å². The molecule has 66 valence electrons. The van der Waals surface area contributed by atoms with Gasteiger partial charge in [-0.05, 0) is 43.7 Å². The van der Waals surface area contributed by atoms with Crippen molar-refractivity contribution in [3.8, 4) is 0 Å². The normalized spacial score (nSPS) is 20.2. The Morgan fingerprint density at radius 2 is 2.27 bits per heavy atom. The number of thioether (sulfide) groups is 1. The monoisotopic (exact) mass is 173 g/mol. The lowest BCUT2D eigenvalue weighted by Crippen LogP contribution is -2.31.